The van der Waals surface area contributed by atoms with Crippen LogP contribution >= 0.6 is 23.2 Å². The van der Waals surface area contributed by atoms with Crippen LogP contribution < -0.4 is 0 Å². The van der Waals surface area contributed by atoms with Gasteiger partial charge in [-0.25, -0.2) is 9.48 Å². The zero-order valence-electron chi connectivity index (χ0n) is 13.0. The Labute approximate surface area is 140 Å². The van der Waals surface area contributed by atoms with Crippen molar-refractivity contribution in [2.45, 2.75) is 33.1 Å². The van der Waals surface area contributed by atoms with E-state index in [2.05, 4.69) is 5.10 Å². The van der Waals surface area contributed by atoms with Gasteiger partial charge >= 0.3 is 5.97 Å². The van der Waals surface area contributed by atoms with Gasteiger partial charge in [-0.15, -0.1) is 0 Å². The van der Waals surface area contributed by atoms with Crippen molar-refractivity contribution in [3.63, 3.8) is 0 Å². The Morgan fingerprint density at radius 3 is 2.55 bits per heavy atom. The van der Waals surface area contributed by atoms with Crippen molar-refractivity contribution in [2.24, 2.45) is 0 Å². The maximum Gasteiger partial charge on any atom is 0.359 e. The SMILES string of the molecule is CCOC(=O)c1nn(-c2ccc(Cl)cc2Cl)cc1C(C)(C)C. The van der Waals surface area contributed by atoms with Crippen molar-refractivity contribution >= 4 is 29.2 Å². The predicted molar refractivity (Wildman–Crippen MR) is 88.2 cm³/mol. The minimum Gasteiger partial charge on any atom is -0.461 e. The molecule has 0 saturated heterocycles. The molecule has 0 atom stereocenters. The summed E-state index contributed by atoms with van der Waals surface area (Å²) in [6.07, 6.45) is 1.81. The maximum atomic E-state index is 12.1. The molecule has 0 aliphatic rings. The zero-order chi connectivity index (χ0) is 16.5. The summed E-state index contributed by atoms with van der Waals surface area (Å²) in [6.45, 7) is 8.11. The second kappa shape index (κ2) is 6.31. The van der Waals surface area contributed by atoms with Crippen molar-refractivity contribution in [3.05, 3.63) is 45.7 Å². The van der Waals surface area contributed by atoms with Gasteiger partial charge in [-0.3, -0.25) is 0 Å². The summed E-state index contributed by atoms with van der Waals surface area (Å²) >= 11 is 12.1. The number of halogens is 2. The summed E-state index contributed by atoms with van der Waals surface area (Å²) in [4.78, 5) is 12.1. The molecular formula is C16H18Cl2N2O2. The molecule has 118 valence electrons. The van der Waals surface area contributed by atoms with E-state index in [0.717, 1.165) is 5.56 Å². The van der Waals surface area contributed by atoms with Gasteiger partial charge < -0.3 is 4.74 Å². The number of carbonyl (C=O) groups is 1. The van der Waals surface area contributed by atoms with Crippen LogP contribution in [-0.4, -0.2) is 22.4 Å². The highest BCUT2D eigenvalue weighted by Gasteiger charge is 2.27. The van der Waals surface area contributed by atoms with Crippen LogP contribution in [0.5, 0.6) is 0 Å². The van der Waals surface area contributed by atoms with E-state index in [9.17, 15) is 4.79 Å². The molecule has 1 aromatic heterocycles. The van der Waals surface area contributed by atoms with Gasteiger partial charge in [-0.05, 0) is 30.5 Å². The number of esters is 1. The van der Waals surface area contributed by atoms with Crippen LogP contribution in [0.15, 0.2) is 24.4 Å². The Bertz CT molecular complexity index is 703. The molecule has 2 aromatic rings. The Morgan fingerprint density at radius 1 is 1.32 bits per heavy atom. The standard InChI is InChI=1S/C16H18Cl2N2O2/c1-5-22-15(21)14-11(16(2,3)4)9-20(19-14)13-7-6-10(17)8-12(13)18/h6-9H,5H2,1-4H3. The van der Waals surface area contributed by atoms with Crippen molar-refractivity contribution in [3.8, 4) is 5.69 Å². The molecule has 0 aliphatic heterocycles. The summed E-state index contributed by atoms with van der Waals surface area (Å²) in [5, 5.41) is 5.38. The molecule has 0 N–H and O–H groups in total. The van der Waals surface area contributed by atoms with E-state index in [1.807, 2.05) is 20.8 Å². The third-order valence-corrected chi connectivity index (χ3v) is 3.69. The van der Waals surface area contributed by atoms with Crippen LogP contribution in [0.25, 0.3) is 5.69 Å². The number of carbonyl (C=O) groups excluding carboxylic acids is 1. The highest BCUT2D eigenvalue weighted by molar-refractivity contribution is 6.35. The summed E-state index contributed by atoms with van der Waals surface area (Å²) < 4.78 is 6.68. The van der Waals surface area contributed by atoms with Crippen LogP contribution in [0.2, 0.25) is 10.0 Å². The molecule has 1 heterocycles. The van der Waals surface area contributed by atoms with Crippen LogP contribution in [0.4, 0.5) is 0 Å². The summed E-state index contributed by atoms with van der Waals surface area (Å²) in [5.74, 6) is -0.434. The monoisotopic (exact) mass is 340 g/mol. The first-order valence-corrected chi connectivity index (χ1v) is 7.72. The van der Waals surface area contributed by atoms with Gasteiger partial charge in [-0.1, -0.05) is 44.0 Å². The van der Waals surface area contributed by atoms with E-state index >= 15 is 0 Å². The van der Waals surface area contributed by atoms with Gasteiger partial charge in [-0.2, -0.15) is 5.10 Å². The number of aromatic nitrogens is 2. The summed E-state index contributed by atoms with van der Waals surface area (Å²) in [7, 11) is 0. The Balaban J connectivity index is 2.57. The lowest BCUT2D eigenvalue weighted by Crippen LogP contribution is -2.17. The fourth-order valence-electron chi connectivity index (χ4n) is 2.06. The fraction of sp³-hybridized carbons (Fsp3) is 0.375. The second-order valence-electron chi connectivity index (χ2n) is 5.90. The van der Waals surface area contributed by atoms with Gasteiger partial charge in [0.1, 0.15) is 0 Å². The lowest BCUT2D eigenvalue weighted by molar-refractivity contribution is 0.0516. The average Bonchev–Trinajstić information content (AvgIpc) is 2.83. The third kappa shape index (κ3) is 3.45. The molecule has 0 aliphatic carbocycles. The Kier molecular flexibility index (Phi) is 4.83. The predicted octanol–water partition coefficient (Wildman–Crippen LogP) is 4.65. The topological polar surface area (TPSA) is 44.1 Å². The summed E-state index contributed by atoms with van der Waals surface area (Å²) in [6, 6.07) is 5.13. The Morgan fingerprint density at radius 2 is 2.00 bits per heavy atom. The molecular weight excluding hydrogens is 323 g/mol. The number of nitrogens with zero attached hydrogens (tertiary/aromatic N) is 2. The first-order chi connectivity index (χ1) is 10.2. The molecule has 0 fully saturated rings. The third-order valence-electron chi connectivity index (χ3n) is 3.15. The highest BCUT2D eigenvalue weighted by atomic mass is 35.5. The van der Waals surface area contributed by atoms with Crippen molar-refractivity contribution in [1.29, 1.82) is 0 Å². The van der Waals surface area contributed by atoms with E-state index in [1.165, 1.54) is 0 Å². The molecule has 0 radical (unpaired) electrons. The van der Waals surface area contributed by atoms with E-state index in [1.54, 1.807) is 36.0 Å². The second-order valence-corrected chi connectivity index (χ2v) is 6.75. The number of hydrogen-bond acceptors (Lipinski definition) is 3. The number of ether oxygens (including phenoxy) is 1. The number of benzene rings is 1. The summed E-state index contributed by atoms with van der Waals surface area (Å²) in [5.41, 5.74) is 1.52. The molecule has 6 heteroatoms. The quantitative estimate of drug-likeness (QED) is 0.763. The van der Waals surface area contributed by atoms with Crippen molar-refractivity contribution < 1.29 is 9.53 Å². The molecule has 22 heavy (non-hydrogen) atoms. The van der Waals surface area contributed by atoms with Crippen molar-refractivity contribution in [1.82, 2.24) is 9.78 Å². The minimum absolute atomic E-state index is 0.251. The normalized spacial score (nSPS) is 11.5. The number of rotatable bonds is 3. The average molecular weight is 341 g/mol. The van der Waals surface area contributed by atoms with E-state index in [4.69, 9.17) is 27.9 Å². The lowest BCUT2D eigenvalue weighted by atomic mass is 9.87. The van der Waals surface area contributed by atoms with Gasteiger partial charge in [0.05, 0.1) is 17.3 Å². The van der Waals surface area contributed by atoms with Crippen molar-refractivity contribution in [2.75, 3.05) is 6.61 Å². The molecule has 2 rings (SSSR count). The van der Waals surface area contributed by atoms with E-state index in [0.29, 0.717) is 28.0 Å². The van der Waals surface area contributed by atoms with Gasteiger partial charge in [0.25, 0.3) is 0 Å². The van der Waals surface area contributed by atoms with Crippen LogP contribution in [0.3, 0.4) is 0 Å². The van der Waals surface area contributed by atoms with Gasteiger partial charge in [0.15, 0.2) is 5.69 Å². The van der Waals surface area contributed by atoms with Gasteiger partial charge in [0, 0.05) is 16.8 Å². The molecule has 0 unspecified atom stereocenters. The number of hydrogen-bond donors (Lipinski definition) is 0. The van der Waals surface area contributed by atoms with E-state index in [-0.39, 0.29) is 5.41 Å². The molecule has 0 saturated carbocycles. The fourth-order valence-corrected chi connectivity index (χ4v) is 2.56. The molecule has 0 bridgehead atoms. The van der Waals surface area contributed by atoms with Gasteiger partial charge in [0.2, 0.25) is 0 Å². The molecule has 1 aromatic carbocycles. The maximum absolute atomic E-state index is 12.1. The zero-order valence-corrected chi connectivity index (χ0v) is 14.5. The highest BCUT2D eigenvalue weighted by Crippen LogP contribution is 2.29. The van der Waals surface area contributed by atoms with Crippen LogP contribution in [-0.2, 0) is 10.2 Å². The minimum atomic E-state index is -0.434. The molecule has 0 spiro atoms. The molecule has 0 amide bonds. The van der Waals surface area contributed by atoms with E-state index < -0.39 is 5.97 Å². The Hall–Kier alpha value is -1.52. The first-order valence-electron chi connectivity index (χ1n) is 6.96. The largest absolute Gasteiger partial charge is 0.461 e. The first kappa shape index (κ1) is 16.8. The lowest BCUT2D eigenvalue weighted by Gasteiger charge is -2.17. The van der Waals surface area contributed by atoms with Crippen LogP contribution in [0.1, 0.15) is 43.7 Å². The molecule has 4 nitrogen and oxygen atoms in total. The van der Waals surface area contributed by atoms with Crippen LogP contribution in [0, 0.1) is 0 Å². The smallest absolute Gasteiger partial charge is 0.359 e.